The summed E-state index contributed by atoms with van der Waals surface area (Å²) in [4.78, 5) is 0. The topological polar surface area (TPSA) is 55.4 Å². The van der Waals surface area contributed by atoms with Crippen molar-refractivity contribution >= 4 is 10.0 Å². The third kappa shape index (κ3) is 8.21. The van der Waals surface area contributed by atoms with Gasteiger partial charge in [0.2, 0.25) is 10.0 Å². The molecule has 0 rings (SSSR count). The average molecular weight is 209 g/mol. The maximum Gasteiger partial charge on any atom is 0.211 e. The highest BCUT2D eigenvalue weighted by Gasteiger charge is 2.06. The Morgan fingerprint density at radius 2 is 2.00 bits per heavy atom. The Morgan fingerprint density at radius 3 is 2.54 bits per heavy atom. The van der Waals surface area contributed by atoms with Crippen molar-refractivity contribution in [2.24, 2.45) is 0 Å². The van der Waals surface area contributed by atoms with E-state index in [-0.39, 0.29) is 5.75 Å². The molecule has 0 aromatic heterocycles. The molecule has 0 fully saturated rings. The molecule has 0 bridgehead atoms. The molecule has 0 radical (unpaired) electrons. The molecular weight excluding hydrogens is 190 g/mol. The molecule has 0 aromatic rings. The summed E-state index contributed by atoms with van der Waals surface area (Å²) in [6.07, 6.45) is 1.39. The van der Waals surface area contributed by atoms with Crippen LogP contribution in [0.3, 0.4) is 0 Å². The van der Waals surface area contributed by atoms with Crippen molar-refractivity contribution < 1.29 is 13.2 Å². The Balaban J connectivity index is 3.41. The average Bonchev–Trinajstić information content (AvgIpc) is 2.04. The normalized spacial score (nSPS) is 11.8. The van der Waals surface area contributed by atoms with Crippen molar-refractivity contribution in [1.82, 2.24) is 4.72 Å². The van der Waals surface area contributed by atoms with Crippen LogP contribution in [-0.2, 0) is 14.8 Å². The number of ether oxygens (including phenoxy) is 1. The molecule has 0 atom stereocenters. The van der Waals surface area contributed by atoms with Crippen molar-refractivity contribution in [3.05, 3.63) is 0 Å². The summed E-state index contributed by atoms with van der Waals surface area (Å²) in [6.45, 7) is 5.54. The van der Waals surface area contributed by atoms with E-state index < -0.39 is 10.0 Å². The molecule has 13 heavy (non-hydrogen) atoms. The molecule has 4 nitrogen and oxygen atoms in total. The fraction of sp³-hybridized carbons (Fsp3) is 1.00. The van der Waals surface area contributed by atoms with Gasteiger partial charge in [-0.1, -0.05) is 6.92 Å². The van der Waals surface area contributed by atoms with Crippen LogP contribution in [0.5, 0.6) is 0 Å². The van der Waals surface area contributed by atoms with Gasteiger partial charge < -0.3 is 4.74 Å². The van der Waals surface area contributed by atoms with Gasteiger partial charge in [-0.15, -0.1) is 0 Å². The zero-order valence-corrected chi connectivity index (χ0v) is 9.19. The summed E-state index contributed by atoms with van der Waals surface area (Å²) in [7, 11) is -3.02. The zero-order valence-electron chi connectivity index (χ0n) is 8.38. The van der Waals surface area contributed by atoms with Gasteiger partial charge in [-0.3, -0.25) is 0 Å². The van der Waals surface area contributed by atoms with E-state index in [1.165, 1.54) is 0 Å². The maximum atomic E-state index is 11.1. The van der Waals surface area contributed by atoms with Crippen LogP contribution in [0.2, 0.25) is 0 Å². The molecule has 0 unspecified atom stereocenters. The second kappa shape index (κ2) is 7.29. The first kappa shape index (κ1) is 12.9. The molecule has 0 aliphatic rings. The van der Waals surface area contributed by atoms with Gasteiger partial charge in [0.25, 0.3) is 0 Å². The molecule has 0 aliphatic carbocycles. The first-order valence-electron chi connectivity index (χ1n) is 4.67. The van der Waals surface area contributed by atoms with E-state index in [1.807, 2.05) is 13.8 Å². The van der Waals surface area contributed by atoms with E-state index in [1.54, 1.807) is 0 Å². The molecule has 0 heterocycles. The van der Waals surface area contributed by atoms with E-state index in [9.17, 15) is 8.42 Å². The molecule has 80 valence electrons. The smallest absolute Gasteiger partial charge is 0.211 e. The van der Waals surface area contributed by atoms with E-state index in [4.69, 9.17) is 4.74 Å². The van der Waals surface area contributed by atoms with Crippen molar-refractivity contribution in [3.63, 3.8) is 0 Å². The zero-order chi connectivity index (χ0) is 10.2. The number of sulfonamides is 1. The number of rotatable bonds is 8. The summed E-state index contributed by atoms with van der Waals surface area (Å²) in [5.41, 5.74) is 0. The second-order valence-electron chi connectivity index (χ2n) is 2.76. The first-order chi connectivity index (χ1) is 6.12. The van der Waals surface area contributed by atoms with Crippen molar-refractivity contribution in [2.75, 3.05) is 25.5 Å². The van der Waals surface area contributed by atoms with Gasteiger partial charge in [0.15, 0.2) is 0 Å². The van der Waals surface area contributed by atoms with Gasteiger partial charge in [-0.05, 0) is 19.8 Å². The van der Waals surface area contributed by atoms with Gasteiger partial charge in [-0.2, -0.15) is 0 Å². The van der Waals surface area contributed by atoms with Gasteiger partial charge >= 0.3 is 0 Å². The molecule has 0 aliphatic heterocycles. The standard InChI is InChI=1S/C8H19NO3S/c1-3-8-13(10,11)9-6-5-7-12-4-2/h9H,3-8H2,1-2H3. The minimum Gasteiger partial charge on any atom is -0.382 e. The molecule has 0 saturated heterocycles. The van der Waals surface area contributed by atoms with Gasteiger partial charge in [0.1, 0.15) is 0 Å². The highest BCUT2D eigenvalue weighted by Crippen LogP contribution is 1.89. The third-order valence-electron chi connectivity index (χ3n) is 1.46. The minimum absolute atomic E-state index is 0.210. The van der Waals surface area contributed by atoms with Crippen LogP contribution in [-0.4, -0.2) is 33.9 Å². The summed E-state index contributed by atoms with van der Waals surface area (Å²) < 4.78 is 29.8. The lowest BCUT2D eigenvalue weighted by atomic mass is 10.5. The molecular formula is C8H19NO3S. The van der Waals surface area contributed by atoms with E-state index in [0.717, 1.165) is 6.42 Å². The van der Waals surface area contributed by atoms with Crippen molar-refractivity contribution in [3.8, 4) is 0 Å². The Labute approximate surface area is 80.7 Å². The fourth-order valence-electron chi connectivity index (χ4n) is 0.887. The lowest BCUT2D eigenvalue weighted by molar-refractivity contribution is 0.146. The molecule has 0 amide bonds. The lowest BCUT2D eigenvalue weighted by Gasteiger charge is -2.04. The fourth-order valence-corrected chi connectivity index (χ4v) is 2.02. The summed E-state index contributed by atoms with van der Waals surface area (Å²) in [6, 6.07) is 0. The number of hydrogen-bond donors (Lipinski definition) is 1. The molecule has 0 spiro atoms. The molecule has 1 N–H and O–H groups in total. The Kier molecular flexibility index (Phi) is 7.22. The van der Waals surface area contributed by atoms with Crippen LogP contribution >= 0.6 is 0 Å². The van der Waals surface area contributed by atoms with Crippen LogP contribution in [0, 0.1) is 0 Å². The third-order valence-corrected chi connectivity index (χ3v) is 3.05. The van der Waals surface area contributed by atoms with Crippen LogP contribution in [0.15, 0.2) is 0 Å². The van der Waals surface area contributed by atoms with E-state index >= 15 is 0 Å². The lowest BCUT2D eigenvalue weighted by Crippen LogP contribution is -2.27. The number of nitrogens with one attached hydrogen (secondary N) is 1. The second-order valence-corrected chi connectivity index (χ2v) is 4.69. The van der Waals surface area contributed by atoms with Crippen LogP contribution in [0.25, 0.3) is 0 Å². The van der Waals surface area contributed by atoms with Crippen LogP contribution in [0.1, 0.15) is 26.7 Å². The quantitative estimate of drug-likeness (QED) is 0.600. The predicted molar refractivity (Wildman–Crippen MR) is 53.2 cm³/mol. The first-order valence-corrected chi connectivity index (χ1v) is 6.32. The van der Waals surface area contributed by atoms with E-state index in [0.29, 0.717) is 26.2 Å². The highest BCUT2D eigenvalue weighted by molar-refractivity contribution is 7.89. The van der Waals surface area contributed by atoms with Crippen molar-refractivity contribution in [1.29, 1.82) is 0 Å². The van der Waals surface area contributed by atoms with Gasteiger partial charge in [-0.25, -0.2) is 13.1 Å². The van der Waals surface area contributed by atoms with Crippen LogP contribution < -0.4 is 4.72 Å². The predicted octanol–water partition coefficient (Wildman–Crippen LogP) is 0.742. The molecule has 5 heteroatoms. The largest absolute Gasteiger partial charge is 0.382 e. The SMILES string of the molecule is CCCS(=O)(=O)NCCCOCC. The van der Waals surface area contributed by atoms with Crippen LogP contribution in [0.4, 0.5) is 0 Å². The molecule has 0 aromatic carbocycles. The monoisotopic (exact) mass is 209 g/mol. The summed E-state index contributed by atoms with van der Waals surface area (Å²) in [5, 5.41) is 0. The Morgan fingerprint density at radius 1 is 1.31 bits per heavy atom. The minimum atomic E-state index is -3.02. The summed E-state index contributed by atoms with van der Waals surface area (Å²) >= 11 is 0. The highest BCUT2D eigenvalue weighted by atomic mass is 32.2. The van der Waals surface area contributed by atoms with Gasteiger partial charge in [0, 0.05) is 19.8 Å². The Hall–Kier alpha value is -0.130. The maximum absolute atomic E-state index is 11.1. The number of hydrogen-bond acceptors (Lipinski definition) is 3. The Bertz CT molecular complexity index is 201. The van der Waals surface area contributed by atoms with Crippen molar-refractivity contribution in [2.45, 2.75) is 26.7 Å². The van der Waals surface area contributed by atoms with E-state index in [2.05, 4.69) is 4.72 Å². The summed E-state index contributed by atoms with van der Waals surface area (Å²) in [5.74, 6) is 0.210. The molecule has 0 saturated carbocycles. The van der Waals surface area contributed by atoms with Gasteiger partial charge in [0.05, 0.1) is 5.75 Å².